The second kappa shape index (κ2) is 7.26. The van der Waals surface area contributed by atoms with Crippen molar-refractivity contribution in [3.63, 3.8) is 0 Å². The van der Waals surface area contributed by atoms with E-state index in [1.54, 1.807) is 0 Å². The third-order valence-electron chi connectivity index (χ3n) is 5.77. The maximum absolute atomic E-state index is 5.77. The fraction of sp³-hybridized carbons (Fsp3) is 1.00. The van der Waals surface area contributed by atoms with Crippen LogP contribution in [0.2, 0.25) is 0 Å². The molecule has 1 N–H and O–H groups in total. The molecule has 20 heavy (non-hydrogen) atoms. The highest BCUT2D eigenvalue weighted by atomic mass is 16.5. The Morgan fingerprint density at radius 2 is 1.90 bits per heavy atom. The summed E-state index contributed by atoms with van der Waals surface area (Å²) in [6, 6.07) is 0.877. The van der Waals surface area contributed by atoms with E-state index in [-0.39, 0.29) is 0 Å². The van der Waals surface area contributed by atoms with Crippen molar-refractivity contribution in [3.8, 4) is 0 Å². The second-order valence-electron chi connectivity index (χ2n) is 7.69. The van der Waals surface area contributed by atoms with Crippen LogP contribution in [-0.2, 0) is 4.74 Å². The molecule has 1 aliphatic heterocycles. The van der Waals surface area contributed by atoms with Crippen molar-refractivity contribution in [2.45, 2.75) is 83.3 Å². The van der Waals surface area contributed by atoms with Gasteiger partial charge in [-0.3, -0.25) is 0 Å². The summed E-state index contributed by atoms with van der Waals surface area (Å²) >= 11 is 0. The van der Waals surface area contributed by atoms with Gasteiger partial charge in [0, 0.05) is 12.6 Å². The summed E-state index contributed by atoms with van der Waals surface area (Å²) in [5.74, 6) is 2.89. The van der Waals surface area contributed by atoms with Crippen LogP contribution in [-0.4, -0.2) is 25.3 Å². The van der Waals surface area contributed by atoms with Crippen molar-refractivity contribution in [3.05, 3.63) is 0 Å². The Hall–Kier alpha value is -0.0800. The van der Waals surface area contributed by atoms with E-state index in [1.807, 2.05) is 0 Å². The van der Waals surface area contributed by atoms with Crippen molar-refractivity contribution >= 4 is 0 Å². The van der Waals surface area contributed by atoms with Gasteiger partial charge in [0.05, 0.1) is 6.10 Å². The third kappa shape index (κ3) is 4.46. The first-order chi connectivity index (χ1) is 9.81. The summed E-state index contributed by atoms with van der Waals surface area (Å²) in [6.45, 7) is 4.76. The SMILES string of the molecule is CC1CCC(CNC2CC2)C(CCCC2CCCO2)C1. The van der Waals surface area contributed by atoms with Gasteiger partial charge in [-0.05, 0) is 69.2 Å². The molecule has 0 amide bonds. The van der Waals surface area contributed by atoms with Gasteiger partial charge in [0.15, 0.2) is 0 Å². The van der Waals surface area contributed by atoms with Crippen LogP contribution in [0.25, 0.3) is 0 Å². The van der Waals surface area contributed by atoms with Crippen LogP contribution in [0.3, 0.4) is 0 Å². The van der Waals surface area contributed by atoms with E-state index in [4.69, 9.17) is 4.74 Å². The number of hydrogen-bond donors (Lipinski definition) is 1. The Bertz CT molecular complexity index is 283. The largest absolute Gasteiger partial charge is 0.378 e. The highest BCUT2D eigenvalue weighted by Crippen LogP contribution is 2.37. The fourth-order valence-electron chi connectivity index (χ4n) is 4.27. The molecule has 0 bridgehead atoms. The van der Waals surface area contributed by atoms with Crippen LogP contribution in [0.4, 0.5) is 0 Å². The summed E-state index contributed by atoms with van der Waals surface area (Å²) in [7, 11) is 0. The minimum atomic E-state index is 0.596. The highest BCUT2D eigenvalue weighted by Gasteiger charge is 2.30. The lowest BCUT2D eigenvalue weighted by atomic mass is 9.72. The Morgan fingerprint density at radius 3 is 2.65 bits per heavy atom. The third-order valence-corrected chi connectivity index (χ3v) is 5.77. The number of ether oxygens (including phenoxy) is 1. The smallest absolute Gasteiger partial charge is 0.0576 e. The Morgan fingerprint density at radius 1 is 1.00 bits per heavy atom. The first kappa shape index (κ1) is 14.8. The molecule has 116 valence electrons. The predicted molar refractivity (Wildman–Crippen MR) is 83.8 cm³/mol. The van der Waals surface area contributed by atoms with Crippen molar-refractivity contribution in [2.24, 2.45) is 17.8 Å². The van der Waals surface area contributed by atoms with Gasteiger partial charge in [0.25, 0.3) is 0 Å². The van der Waals surface area contributed by atoms with Crippen LogP contribution >= 0.6 is 0 Å². The average Bonchev–Trinajstić information content (AvgIpc) is 3.13. The number of hydrogen-bond acceptors (Lipinski definition) is 2. The normalized spacial score (nSPS) is 38.2. The zero-order valence-electron chi connectivity index (χ0n) is 13.3. The molecule has 4 atom stereocenters. The van der Waals surface area contributed by atoms with Crippen LogP contribution in [0.5, 0.6) is 0 Å². The monoisotopic (exact) mass is 279 g/mol. The molecule has 2 nitrogen and oxygen atoms in total. The van der Waals surface area contributed by atoms with E-state index >= 15 is 0 Å². The molecule has 3 fully saturated rings. The molecule has 0 radical (unpaired) electrons. The average molecular weight is 279 g/mol. The lowest BCUT2D eigenvalue weighted by Crippen LogP contribution is -2.33. The Labute approximate surface area is 125 Å². The first-order valence-electron chi connectivity index (χ1n) is 9.16. The number of nitrogens with one attached hydrogen (secondary N) is 1. The van der Waals surface area contributed by atoms with Gasteiger partial charge in [0.2, 0.25) is 0 Å². The molecule has 3 rings (SSSR count). The van der Waals surface area contributed by atoms with Gasteiger partial charge in [-0.1, -0.05) is 26.2 Å². The van der Waals surface area contributed by atoms with Gasteiger partial charge in [0.1, 0.15) is 0 Å². The number of rotatable bonds is 7. The van der Waals surface area contributed by atoms with E-state index in [0.717, 1.165) is 30.4 Å². The minimum Gasteiger partial charge on any atom is -0.378 e. The molecule has 4 unspecified atom stereocenters. The molecule has 2 heteroatoms. The molecule has 3 aliphatic rings. The maximum atomic E-state index is 5.77. The van der Waals surface area contributed by atoms with Crippen molar-refractivity contribution in [2.75, 3.05) is 13.2 Å². The zero-order valence-corrected chi connectivity index (χ0v) is 13.3. The van der Waals surface area contributed by atoms with Gasteiger partial charge in [-0.2, -0.15) is 0 Å². The molecular formula is C18H33NO. The lowest BCUT2D eigenvalue weighted by molar-refractivity contribution is 0.0961. The molecule has 1 saturated heterocycles. The fourth-order valence-corrected chi connectivity index (χ4v) is 4.27. The lowest BCUT2D eigenvalue weighted by Gasteiger charge is -2.35. The van der Waals surface area contributed by atoms with E-state index in [9.17, 15) is 0 Å². The van der Waals surface area contributed by atoms with Crippen molar-refractivity contribution < 1.29 is 4.74 Å². The minimum absolute atomic E-state index is 0.596. The molecule has 0 aromatic heterocycles. The van der Waals surface area contributed by atoms with Crippen LogP contribution in [0.1, 0.15) is 71.1 Å². The van der Waals surface area contributed by atoms with Gasteiger partial charge in [-0.25, -0.2) is 0 Å². The quantitative estimate of drug-likeness (QED) is 0.756. The zero-order chi connectivity index (χ0) is 13.8. The van der Waals surface area contributed by atoms with E-state index in [0.29, 0.717) is 6.10 Å². The van der Waals surface area contributed by atoms with Gasteiger partial charge in [-0.15, -0.1) is 0 Å². The van der Waals surface area contributed by atoms with Crippen LogP contribution in [0.15, 0.2) is 0 Å². The van der Waals surface area contributed by atoms with Gasteiger partial charge < -0.3 is 10.1 Å². The molecule has 1 heterocycles. The highest BCUT2D eigenvalue weighted by molar-refractivity contribution is 4.85. The van der Waals surface area contributed by atoms with Gasteiger partial charge >= 0.3 is 0 Å². The molecule has 2 saturated carbocycles. The van der Waals surface area contributed by atoms with Crippen molar-refractivity contribution in [1.82, 2.24) is 5.32 Å². The molecule has 0 aromatic rings. The summed E-state index contributed by atoms with van der Waals surface area (Å²) in [5.41, 5.74) is 0. The van der Waals surface area contributed by atoms with E-state index in [1.165, 1.54) is 70.8 Å². The first-order valence-corrected chi connectivity index (χ1v) is 9.16. The van der Waals surface area contributed by atoms with E-state index in [2.05, 4.69) is 12.2 Å². The topological polar surface area (TPSA) is 21.3 Å². The summed E-state index contributed by atoms with van der Waals surface area (Å²) in [6.07, 6.45) is 14.6. The second-order valence-corrected chi connectivity index (χ2v) is 7.69. The van der Waals surface area contributed by atoms with Crippen molar-refractivity contribution in [1.29, 1.82) is 0 Å². The summed E-state index contributed by atoms with van der Waals surface area (Å²) in [4.78, 5) is 0. The van der Waals surface area contributed by atoms with E-state index < -0.39 is 0 Å². The Kier molecular flexibility index (Phi) is 5.39. The summed E-state index contributed by atoms with van der Waals surface area (Å²) < 4.78 is 5.77. The molecular weight excluding hydrogens is 246 g/mol. The standard InChI is InChI=1S/C18H33NO/c1-14-7-8-16(13-19-17-9-10-17)15(12-14)4-2-5-18-6-3-11-20-18/h14-19H,2-13H2,1H3. The molecule has 0 aromatic carbocycles. The molecule has 0 spiro atoms. The predicted octanol–water partition coefficient (Wildman–Crippen LogP) is 4.14. The summed E-state index contributed by atoms with van der Waals surface area (Å²) in [5, 5.41) is 3.78. The maximum Gasteiger partial charge on any atom is 0.0576 e. The Balaban J connectivity index is 1.39. The molecule has 2 aliphatic carbocycles. The van der Waals surface area contributed by atoms with Crippen LogP contribution in [0, 0.1) is 17.8 Å². The van der Waals surface area contributed by atoms with Crippen LogP contribution < -0.4 is 5.32 Å².